The van der Waals surface area contributed by atoms with Crippen molar-refractivity contribution in [3.63, 3.8) is 0 Å². The van der Waals surface area contributed by atoms with E-state index in [1.165, 1.54) is 6.26 Å². The molecule has 1 saturated heterocycles. The second-order valence-electron chi connectivity index (χ2n) is 8.31. The second kappa shape index (κ2) is 8.77. The third-order valence-corrected chi connectivity index (χ3v) is 6.28. The monoisotopic (exact) mass is 418 g/mol. The average molecular weight is 419 g/mol. The largest absolute Gasteiger partial charge is 0.304 e. The van der Waals surface area contributed by atoms with Crippen molar-refractivity contribution in [1.82, 2.24) is 19.6 Å². The van der Waals surface area contributed by atoms with Gasteiger partial charge in [-0.05, 0) is 31.2 Å². The molecule has 0 aliphatic carbocycles. The van der Waals surface area contributed by atoms with Crippen LogP contribution in [0, 0.1) is 5.92 Å². The molecular formula is C21H30N4O3S. The van der Waals surface area contributed by atoms with Gasteiger partial charge in [-0.2, -0.15) is 5.10 Å². The maximum atomic E-state index is 13.0. The van der Waals surface area contributed by atoms with Gasteiger partial charge in [0.2, 0.25) is 0 Å². The van der Waals surface area contributed by atoms with Crippen LogP contribution in [0.5, 0.6) is 0 Å². The van der Waals surface area contributed by atoms with Crippen molar-refractivity contribution in [1.29, 1.82) is 0 Å². The van der Waals surface area contributed by atoms with Gasteiger partial charge in [-0.1, -0.05) is 26.0 Å². The molecule has 0 radical (unpaired) electrons. The van der Waals surface area contributed by atoms with Crippen LogP contribution in [0.3, 0.4) is 0 Å². The van der Waals surface area contributed by atoms with Crippen LogP contribution in [0.4, 0.5) is 0 Å². The fraction of sp³-hybridized carbons (Fsp3) is 0.524. The molecule has 3 rings (SSSR count). The summed E-state index contributed by atoms with van der Waals surface area (Å²) < 4.78 is 25.0. The number of piperazine rings is 1. The second-order valence-corrected chi connectivity index (χ2v) is 10.3. The minimum absolute atomic E-state index is 0.0471. The quantitative estimate of drug-likeness (QED) is 0.711. The Labute approximate surface area is 172 Å². The summed E-state index contributed by atoms with van der Waals surface area (Å²) in [7, 11) is -1.14. The van der Waals surface area contributed by atoms with Gasteiger partial charge in [-0.3, -0.25) is 9.69 Å². The van der Waals surface area contributed by atoms with Crippen molar-refractivity contribution in [3.8, 4) is 11.3 Å². The van der Waals surface area contributed by atoms with Crippen molar-refractivity contribution < 1.29 is 8.42 Å². The predicted octanol–water partition coefficient (Wildman–Crippen LogP) is 1.72. The minimum Gasteiger partial charge on any atom is -0.304 e. The lowest BCUT2D eigenvalue weighted by molar-refractivity contribution is 0.147. The molecule has 0 bridgehead atoms. The van der Waals surface area contributed by atoms with E-state index in [4.69, 9.17) is 0 Å². The molecule has 0 amide bonds. The molecule has 1 fully saturated rings. The molecule has 0 saturated carbocycles. The highest BCUT2D eigenvalue weighted by Gasteiger charge is 2.18. The van der Waals surface area contributed by atoms with Crippen LogP contribution >= 0.6 is 0 Å². The van der Waals surface area contributed by atoms with Crippen LogP contribution in [0.15, 0.2) is 40.0 Å². The summed E-state index contributed by atoms with van der Waals surface area (Å²) in [5.41, 5.74) is 2.17. The lowest BCUT2D eigenvalue weighted by Gasteiger charge is -2.32. The molecule has 1 aliphatic heterocycles. The number of aromatic nitrogens is 2. The van der Waals surface area contributed by atoms with E-state index in [1.54, 1.807) is 28.9 Å². The number of benzene rings is 1. The van der Waals surface area contributed by atoms with Crippen LogP contribution in [-0.2, 0) is 22.9 Å². The highest BCUT2D eigenvalue weighted by Crippen LogP contribution is 2.20. The fourth-order valence-corrected chi connectivity index (χ4v) is 4.07. The summed E-state index contributed by atoms with van der Waals surface area (Å²) in [4.78, 5) is 17.9. The van der Waals surface area contributed by atoms with Gasteiger partial charge in [0.05, 0.1) is 10.6 Å². The molecule has 2 aromatic rings. The van der Waals surface area contributed by atoms with Crippen molar-refractivity contribution in [2.45, 2.75) is 31.8 Å². The number of likely N-dealkylation sites (N-methyl/N-ethyl adjacent to an activating group) is 1. The molecule has 0 atom stereocenters. The summed E-state index contributed by atoms with van der Waals surface area (Å²) in [6.45, 7) is 9.10. The normalized spacial score (nSPS) is 16.4. The van der Waals surface area contributed by atoms with Gasteiger partial charge in [-0.15, -0.1) is 0 Å². The van der Waals surface area contributed by atoms with E-state index in [0.29, 0.717) is 24.7 Å². The maximum absolute atomic E-state index is 13.0. The first kappa shape index (κ1) is 21.7. The molecule has 0 spiro atoms. The van der Waals surface area contributed by atoms with Crippen molar-refractivity contribution in [2.75, 3.05) is 39.5 Å². The van der Waals surface area contributed by atoms with Crippen molar-refractivity contribution >= 4 is 9.84 Å². The summed E-state index contributed by atoms with van der Waals surface area (Å²) in [5.74, 6) is 0.291. The van der Waals surface area contributed by atoms with Crippen LogP contribution in [-0.4, -0.2) is 67.5 Å². The molecule has 1 aliphatic rings. The molecule has 8 heteroatoms. The predicted molar refractivity (Wildman–Crippen MR) is 115 cm³/mol. The molecular weight excluding hydrogens is 388 g/mol. The molecule has 29 heavy (non-hydrogen) atoms. The zero-order chi connectivity index (χ0) is 21.2. The van der Waals surface area contributed by atoms with Crippen molar-refractivity contribution in [2.24, 2.45) is 5.92 Å². The molecule has 7 nitrogen and oxygen atoms in total. The van der Waals surface area contributed by atoms with Gasteiger partial charge in [0, 0.05) is 56.7 Å². The lowest BCUT2D eigenvalue weighted by Crippen LogP contribution is -2.45. The molecule has 158 valence electrons. The third-order valence-electron chi connectivity index (χ3n) is 5.15. The first-order valence-electron chi connectivity index (χ1n) is 9.96. The van der Waals surface area contributed by atoms with Gasteiger partial charge in [0.1, 0.15) is 0 Å². The van der Waals surface area contributed by atoms with Gasteiger partial charge in [0.25, 0.3) is 5.56 Å². The fourth-order valence-electron chi connectivity index (χ4n) is 3.44. The standard InChI is InChI=1S/C21H30N4O3S/c1-16(2)14-25-21(26)18(15-24-11-9-23(3)10-12-24)13-20(22-25)17-5-7-19(8-6-17)29(4,27)28/h5-8,13,16H,9-12,14-15H2,1-4H3. The van der Waals surface area contributed by atoms with Crippen LogP contribution in [0.25, 0.3) is 11.3 Å². The Morgan fingerprint density at radius 1 is 1.07 bits per heavy atom. The average Bonchev–Trinajstić information content (AvgIpc) is 2.65. The first-order chi connectivity index (χ1) is 13.6. The van der Waals surface area contributed by atoms with Gasteiger partial charge in [-0.25, -0.2) is 13.1 Å². The summed E-state index contributed by atoms with van der Waals surface area (Å²) in [5, 5.41) is 4.57. The van der Waals surface area contributed by atoms with E-state index in [9.17, 15) is 13.2 Å². The Balaban J connectivity index is 1.97. The summed E-state index contributed by atoms with van der Waals surface area (Å²) in [6.07, 6.45) is 1.19. The SMILES string of the molecule is CC(C)Cn1nc(-c2ccc(S(C)(=O)=O)cc2)cc(CN2CCN(C)CC2)c1=O. The highest BCUT2D eigenvalue weighted by molar-refractivity contribution is 7.90. The highest BCUT2D eigenvalue weighted by atomic mass is 32.2. The maximum Gasteiger partial charge on any atom is 0.271 e. The number of sulfone groups is 1. The Kier molecular flexibility index (Phi) is 6.55. The molecule has 2 heterocycles. The van der Waals surface area contributed by atoms with Crippen LogP contribution in [0.2, 0.25) is 0 Å². The van der Waals surface area contributed by atoms with E-state index in [-0.39, 0.29) is 10.5 Å². The number of hydrogen-bond acceptors (Lipinski definition) is 6. The van der Waals surface area contributed by atoms with Gasteiger partial charge >= 0.3 is 0 Å². The van der Waals surface area contributed by atoms with E-state index < -0.39 is 9.84 Å². The Hall–Kier alpha value is -2.03. The van der Waals surface area contributed by atoms with Gasteiger partial charge < -0.3 is 4.90 Å². The van der Waals surface area contributed by atoms with E-state index in [2.05, 4.69) is 35.8 Å². The zero-order valence-electron chi connectivity index (χ0n) is 17.6. The number of rotatable bonds is 6. The molecule has 0 N–H and O–H groups in total. The van der Waals surface area contributed by atoms with E-state index in [0.717, 1.165) is 37.3 Å². The summed E-state index contributed by atoms with van der Waals surface area (Å²) in [6, 6.07) is 8.53. The topological polar surface area (TPSA) is 75.5 Å². The van der Waals surface area contributed by atoms with Crippen molar-refractivity contribution in [3.05, 3.63) is 46.2 Å². The first-order valence-corrected chi connectivity index (χ1v) is 11.8. The lowest BCUT2D eigenvalue weighted by atomic mass is 10.1. The number of nitrogens with zero attached hydrogens (tertiary/aromatic N) is 4. The van der Waals surface area contributed by atoms with Crippen LogP contribution in [0.1, 0.15) is 19.4 Å². The molecule has 1 aromatic heterocycles. The minimum atomic E-state index is -3.25. The van der Waals surface area contributed by atoms with E-state index >= 15 is 0 Å². The van der Waals surface area contributed by atoms with Crippen LogP contribution < -0.4 is 5.56 Å². The van der Waals surface area contributed by atoms with Gasteiger partial charge in [0.15, 0.2) is 9.84 Å². The molecule has 0 unspecified atom stereocenters. The number of hydrogen-bond donors (Lipinski definition) is 0. The third kappa shape index (κ3) is 5.52. The Morgan fingerprint density at radius 2 is 1.69 bits per heavy atom. The van der Waals surface area contributed by atoms with E-state index in [1.807, 2.05) is 6.07 Å². The molecule has 1 aromatic carbocycles. The zero-order valence-corrected chi connectivity index (χ0v) is 18.4. The Morgan fingerprint density at radius 3 is 2.24 bits per heavy atom. The smallest absolute Gasteiger partial charge is 0.271 e. The Bertz CT molecular complexity index is 1010. The summed E-state index contributed by atoms with van der Waals surface area (Å²) >= 11 is 0.